The summed E-state index contributed by atoms with van der Waals surface area (Å²) < 4.78 is 33.9. The van der Waals surface area contributed by atoms with Gasteiger partial charge in [-0.2, -0.15) is 0 Å². The van der Waals surface area contributed by atoms with E-state index < -0.39 is 10.1 Å². The van der Waals surface area contributed by atoms with Gasteiger partial charge in [-0.05, 0) is 35.7 Å². The average Bonchev–Trinajstić information content (AvgIpc) is 2.80. The molecular weight excluding hydrogens is 372 g/mol. The van der Waals surface area contributed by atoms with Gasteiger partial charge in [-0.3, -0.25) is 0 Å². The van der Waals surface area contributed by atoms with E-state index in [4.69, 9.17) is 0 Å². The van der Waals surface area contributed by atoms with E-state index in [2.05, 4.69) is 63.1 Å². The van der Waals surface area contributed by atoms with Gasteiger partial charge in [-0.1, -0.05) is 32.1 Å². The van der Waals surface area contributed by atoms with Crippen LogP contribution in [0.1, 0.15) is 43.9 Å². The number of hydrogen-bond acceptors (Lipinski definition) is 4. The van der Waals surface area contributed by atoms with Gasteiger partial charge in [0.25, 0.3) is 0 Å². The molecule has 2 heterocycles. The highest BCUT2D eigenvalue weighted by atomic mass is 32.2. The standard InChI is InChI=1S/C22H28N2O3S/c1-17-22(2,3)20-16-19(8-9-21(20)23(17)4)7-6-18-10-13-24(14-11-18)12-5-15-28(25,26)27/h6-11,13-14,16-17H,5,12,15H2,1-4H3. The van der Waals surface area contributed by atoms with Crippen LogP contribution in [0.25, 0.3) is 12.2 Å². The highest BCUT2D eigenvalue weighted by Crippen LogP contribution is 2.44. The normalized spacial score (nSPS) is 18.6. The lowest BCUT2D eigenvalue weighted by Gasteiger charge is -2.28. The van der Waals surface area contributed by atoms with Gasteiger partial charge < -0.3 is 9.45 Å². The number of benzene rings is 1. The summed E-state index contributed by atoms with van der Waals surface area (Å²) >= 11 is 0. The highest BCUT2D eigenvalue weighted by Gasteiger charge is 2.39. The van der Waals surface area contributed by atoms with E-state index >= 15 is 0 Å². The van der Waals surface area contributed by atoms with Crippen molar-refractivity contribution in [3.8, 4) is 0 Å². The Balaban J connectivity index is 1.69. The number of pyridine rings is 1. The maximum absolute atomic E-state index is 10.7. The molecule has 1 atom stereocenters. The molecule has 2 aromatic rings. The van der Waals surface area contributed by atoms with E-state index in [9.17, 15) is 13.0 Å². The molecule has 1 aromatic carbocycles. The minimum Gasteiger partial charge on any atom is -0.748 e. The summed E-state index contributed by atoms with van der Waals surface area (Å²) in [5.41, 5.74) is 5.04. The third-order valence-electron chi connectivity index (χ3n) is 5.92. The van der Waals surface area contributed by atoms with Gasteiger partial charge in [0, 0.05) is 48.5 Å². The van der Waals surface area contributed by atoms with Crippen LogP contribution >= 0.6 is 0 Å². The van der Waals surface area contributed by atoms with Crippen molar-refractivity contribution in [2.75, 3.05) is 17.7 Å². The van der Waals surface area contributed by atoms with Crippen LogP contribution in [0.2, 0.25) is 0 Å². The Morgan fingerprint density at radius 2 is 1.79 bits per heavy atom. The van der Waals surface area contributed by atoms with Crippen molar-refractivity contribution in [1.29, 1.82) is 0 Å². The molecule has 0 N–H and O–H groups in total. The van der Waals surface area contributed by atoms with E-state index in [1.807, 2.05) is 29.1 Å². The summed E-state index contributed by atoms with van der Waals surface area (Å²) in [6.07, 6.45) is 8.31. The lowest BCUT2D eigenvalue weighted by Crippen LogP contribution is -2.36. The number of fused-ring (bicyclic) bond motifs is 1. The van der Waals surface area contributed by atoms with Crippen LogP contribution in [0, 0.1) is 0 Å². The number of aryl methyl sites for hydroxylation is 1. The fourth-order valence-corrected chi connectivity index (χ4v) is 4.23. The molecule has 6 heteroatoms. The number of nitrogens with zero attached hydrogens (tertiary/aromatic N) is 2. The molecule has 28 heavy (non-hydrogen) atoms. The molecule has 1 aliphatic rings. The predicted octanol–water partition coefficient (Wildman–Crippen LogP) is 3.20. The van der Waals surface area contributed by atoms with Gasteiger partial charge in [0.1, 0.15) is 6.54 Å². The summed E-state index contributed by atoms with van der Waals surface area (Å²) in [5, 5.41) is 0. The molecule has 0 fully saturated rings. The Labute approximate surface area is 168 Å². The number of hydrogen-bond donors (Lipinski definition) is 0. The monoisotopic (exact) mass is 400 g/mol. The molecule has 5 nitrogen and oxygen atoms in total. The van der Waals surface area contributed by atoms with Crippen molar-refractivity contribution in [3.63, 3.8) is 0 Å². The minimum absolute atomic E-state index is 0.115. The van der Waals surface area contributed by atoms with Gasteiger partial charge >= 0.3 is 0 Å². The van der Waals surface area contributed by atoms with Crippen molar-refractivity contribution >= 4 is 28.0 Å². The molecule has 0 aliphatic carbocycles. The van der Waals surface area contributed by atoms with Crippen molar-refractivity contribution in [3.05, 3.63) is 59.4 Å². The first-order valence-corrected chi connectivity index (χ1v) is 11.1. The second-order valence-electron chi connectivity index (χ2n) is 8.10. The van der Waals surface area contributed by atoms with Crippen molar-refractivity contribution in [2.24, 2.45) is 0 Å². The van der Waals surface area contributed by atoms with Crippen LogP contribution in [0.4, 0.5) is 5.69 Å². The molecule has 0 bridgehead atoms. The first-order chi connectivity index (χ1) is 13.1. The van der Waals surface area contributed by atoms with E-state index in [1.54, 1.807) is 0 Å². The molecule has 1 aromatic heterocycles. The summed E-state index contributed by atoms with van der Waals surface area (Å²) in [6.45, 7) is 7.36. The third kappa shape index (κ3) is 4.45. The van der Waals surface area contributed by atoms with Crippen LogP contribution in [-0.4, -0.2) is 31.8 Å². The zero-order chi connectivity index (χ0) is 20.5. The Morgan fingerprint density at radius 1 is 1.14 bits per heavy atom. The second kappa shape index (κ2) is 7.68. The van der Waals surface area contributed by atoms with Crippen molar-refractivity contribution in [1.82, 2.24) is 0 Å². The van der Waals surface area contributed by atoms with Gasteiger partial charge in [0.2, 0.25) is 0 Å². The van der Waals surface area contributed by atoms with Gasteiger partial charge in [-0.15, -0.1) is 0 Å². The van der Waals surface area contributed by atoms with Gasteiger partial charge in [0.15, 0.2) is 12.4 Å². The smallest absolute Gasteiger partial charge is 0.169 e. The average molecular weight is 401 g/mol. The molecule has 0 radical (unpaired) electrons. The number of anilines is 1. The van der Waals surface area contributed by atoms with Crippen molar-refractivity contribution < 1.29 is 17.5 Å². The van der Waals surface area contributed by atoms with Crippen LogP contribution in [0.5, 0.6) is 0 Å². The lowest BCUT2D eigenvalue weighted by molar-refractivity contribution is -0.696. The van der Waals surface area contributed by atoms with E-state index in [1.165, 1.54) is 16.8 Å². The molecule has 0 saturated heterocycles. The Morgan fingerprint density at radius 3 is 2.43 bits per heavy atom. The lowest BCUT2D eigenvalue weighted by atomic mass is 9.81. The van der Waals surface area contributed by atoms with Crippen LogP contribution in [0.3, 0.4) is 0 Å². The Kier molecular flexibility index (Phi) is 5.64. The fourth-order valence-electron chi connectivity index (χ4n) is 3.74. The predicted molar refractivity (Wildman–Crippen MR) is 112 cm³/mol. The summed E-state index contributed by atoms with van der Waals surface area (Å²) in [4.78, 5) is 2.34. The summed E-state index contributed by atoms with van der Waals surface area (Å²) in [5.74, 6) is -0.329. The van der Waals surface area contributed by atoms with Gasteiger partial charge in [-0.25, -0.2) is 13.0 Å². The SMILES string of the molecule is CC1N(C)c2ccc(/C=C/c3cc[n+](CCCS(=O)(=O)[O-])cc3)cc2C1(C)C. The first-order valence-electron chi connectivity index (χ1n) is 9.56. The Bertz CT molecular complexity index is 979. The molecular formula is C22H28N2O3S. The first kappa shape index (κ1) is 20.6. The van der Waals surface area contributed by atoms with Crippen LogP contribution < -0.4 is 9.47 Å². The third-order valence-corrected chi connectivity index (χ3v) is 6.70. The molecule has 3 rings (SSSR count). The number of rotatable bonds is 6. The molecule has 0 spiro atoms. The van der Waals surface area contributed by atoms with Crippen LogP contribution in [0.15, 0.2) is 42.7 Å². The molecule has 0 amide bonds. The fraction of sp³-hybridized carbons (Fsp3) is 0.409. The largest absolute Gasteiger partial charge is 0.748 e. The maximum Gasteiger partial charge on any atom is 0.169 e. The zero-order valence-electron chi connectivity index (χ0n) is 16.9. The maximum atomic E-state index is 10.7. The highest BCUT2D eigenvalue weighted by molar-refractivity contribution is 7.85. The number of likely N-dealkylation sites (N-methyl/N-ethyl adjacent to an activating group) is 1. The van der Waals surface area contributed by atoms with E-state index in [-0.39, 0.29) is 11.2 Å². The van der Waals surface area contributed by atoms with Gasteiger partial charge in [0.05, 0.1) is 10.1 Å². The quantitative estimate of drug-likeness (QED) is 0.552. The topological polar surface area (TPSA) is 64.3 Å². The van der Waals surface area contributed by atoms with E-state index in [0.717, 1.165) is 5.56 Å². The minimum atomic E-state index is -4.14. The second-order valence-corrected chi connectivity index (χ2v) is 9.63. The molecule has 150 valence electrons. The van der Waals surface area contributed by atoms with Crippen molar-refractivity contribution in [2.45, 2.75) is 45.2 Å². The zero-order valence-corrected chi connectivity index (χ0v) is 17.7. The number of aromatic nitrogens is 1. The Hall–Kier alpha value is -2.18. The molecule has 0 saturated carbocycles. The van der Waals surface area contributed by atoms with E-state index in [0.29, 0.717) is 19.0 Å². The molecule has 1 aliphatic heterocycles. The summed E-state index contributed by atoms with van der Waals surface area (Å²) in [6, 6.07) is 11.0. The summed E-state index contributed by atoms with van der Waals surface area (Å²) in [7, 11) is -1.99. The molecule has 1 unspecified atom stereocenters. The van der Waals surface area contributed by atoms with Crippen LogP contribution in [-0.2, 0) is 22.1 Å².